The van der Waals surface area contributed by atoms with Gasteiger partial charge in [0, 0.05) is 30.6 Å². The van der Waals surface area contributed by atoms with E-state index in [0.717, 1.165) is 49.2 Å². The molecule has 3 fully saturated rings. The number of ether oxygens (including phenoxy) is 1. The van der Waals surface area contributed by atoms with Crippen LogP contribution < -0.4 is 5.32 Å². The molecule has 0 radical (unpaired) electrons. The van der Waals surface area contributed by atoms with Gasteiger partial charge >= 0.3 is 0 Å². The number of carbonyl (C=O) groups excluding carboxylic acids is 1. The number of benzene rings is 1. The fraction of sp³-hybridized carbons (Fsp3) is 0.650. The van der Waals surface area contributed by atoms with Crippen LogP contribution in [0.15, 0.2) is 24.3 Å². The molecular formula is C20H27ClN2O2. The van der Waals surface area contributed by atoms with Crippen molar-refractivity contribution in [1.29, 1.82) is 0 Å². The first-order chi connectivity index (χ1) is 12.2. The normalized spacial score (nSPS) is 30.4. The number of halogens is 1. The van der Waals surface area contributed by atoms with Gasteiger partial charge in [0.2, 0.25) is 5.91 Å². The molecule has 0 aromatic heterocycles. The van der Waals surface area contributed by atoms with E-state index in [-0.39, 0.29) is 17.9 Å². The van der Waals surface area contributed by atoms with Gasteiger partial charge in [0.25, 0.3) is 0 Å². The van der Waals surface area contributed by atoms with Gasteiger partial charge in [0.15, 0.2) is 0 Å². The second-order valence-electron chi connectivity index (χ2n) is 7.71. The van der Waals surface area contributed by atoms with Gasteiger partial charge in [-0.1, -0.05) is 36.2 Å². The average Bonchev–Trinajstić information content (AvgIpc) is 3.27. The molecule has 4 rings (SSSR count). The van der Waals surface area contributed by atoms with Crippen molar-refractivity contribution in [3.05, 3.63) is 34.9 Å². The van der Waals surface area contributed by atoms with Crippen LogP contribution in [0.1, 0.15) is 37.3 Å². The number of rotatable bonds is 5. The molecule has 2 saturated carbocycles. The summed E-state index contributed by atoms with van der Waals surface area (Å²) in [4.78, 5) is 15.1. The molecule has 25 heavy (non-hydrogen) atoms. The van der Waals surface area contributed by atoms with Crippen LogP contribution >= 0.6 is 11.6 Å². The Hall–Kier alpha value is -1.10. The minimum absolute atomic E-state index is 0.111. The average molecular weight is 363 g/mol. The molecule has 3 aliphatic rings. The number of hydrogen-bond acceptors (Lipinski definition) is 3. The molecule has 1 saturated heterocycles. The number of nitrogens with one attached hydrogen (secondary N) is 1. The Morgan fingerprint density at radius 3 is 2.72 bits per heavy atom. The first-order valence-corrected chi connectivity index (χ1v) is 9.94. The lowest BCUT2D eigenvalue weighted by Gasteiger charge is -2.35. The van der Waals surface area contributed by atoms with Gasteiger partial charge in [-0.2, -0.15) is 0 Å². The van der Waals surface area contributed by atoms with Crippen molar-refractivity contribution in [1.82, 2.24) is 10.2 Å². The van der Waals surface area contributed by atoms with Gasteiger partial charge in [-0.3, -0.25) is 9.69 Å². The number of amides is 1. The standard InChI is InChI=1S/C20H27ClN2O2/c21-18-4-2-1-3-16(18)19(23-7-9-25-10-8-23)13-22-20(24)17-12-14-5-6-15(17)11-14/h1-4,14-15,17,19H,5-13H2,(H,22,24)/t14-,15-,17+,19+/m0/s1. The molecule has 4 nitrogen and oxygen atoms in total. The molecular weight excluding hydrogens is 336 g/mol. The van der Waals surface area contributed by atoms with Crippen LogP contribution in [0.2, 0.25) is 5.02 Å². The van der Waals surface area contributed by atoms with E-state index in [9.17, 15) is 4.79 Å². The molecule has 2 bridgehead atoms. The van der Waals surface area contributed by atoms with Crippen molar-refractivity contribution in [2.24, 2.45) is 17.8 Å². The zero-order valence-corrected chi connectivity index (χ0v) is 15.4. The summed E-state index contributed by atoms with van der Waals surface area (Å²) < 4.78 is 5.49. The van der Waals surface area contributed by atoms with Crippen molar-refractivity contribution >= 4 is 17.5 Å². The molecule has 1 aromatic rings. The van der Waals surface area contributed by atoms with Crippen molar-refractivity contribution < 1.29 is 9.53 Å². The summed E-state index contributed by atoms with van der Waals surface area (Å²) in [6, 6.07) is 8.09. The second kappa shape index (κ2) is 7.65. The summed E-state index contributed by atoms with van der Waals surface area (Å²) in [5.74, 6) is 1.89. The van der Waals surface area contributed by atoms with E-state index >= 15 is 0 Å². The lowest BCUT2D eigenvalue weighted by molar-refractivity contribution is -0.126. The topological polar surface area (TPSA) is 41.6 Å². The predicted molar refractivity (Wildman–Crippen MR) is 98.5 cm³/mol. The largest absolute Gasteiger partial charge is 0.379 e. The zero-order valence-electron chi connectivity index (χ0n) is 14.6. The zero-order chi connectivity index (χ0) is 17.2. The molecule has 0 unspecified atom stereocenters. The van der Waals surface area contributed by atoms with Crippen molar-refractivity contribution in [2.75, 3.05) is 32.8 Å². The van der Waals surface area contributed by atoms with E-state index in [1.54, 1.807) is 0 Å². The Labute approximate surface area is 154 Å². The van der Waals surface area contributed by atoms with Gasteiger partial charge in [0.1, 0.15) is 0 Å². The Morgan fingerprint density at radius 1 is 1.24 bits per heavy atom. The Morgan fingerprint density at radius 2 is 2.04 bits per heavy atom. The highest BCUT2D eigenvalue weighted by atomic mass is 35.5. The third kappa shape index (κ3) is 3.71. The maximum atomic E-state index is 12.8. The summed E-state index contributed by atoms with van der Waals surface area (Å²) in [7, 11) is 0. The van der Waals surface area contributed by atoms with Crippen molar-refractivity contribution in [2.45, 2.75) is 31.7 Å². The fourth-order valence-electron chi connectivity index (χ4n) is 4.96. The summed E-state index contributed by atoms with van der Waals surface area (Å²) in [6.07, 6.45) is 4.91. The van der Waals surface area contributed by atoms with Gasteiger partial charge in [-0.25, -0.2) is 0 Å². The van der Waals surface area contributed by atoms with E-state index < -0.39 is 0 Å². The van der Waals surface area contributed by atoms with Crippen molar-refractivity contribution in [3.8, 4) is 0 Å². The lowest BCUT2D eigenvalue weighted by Crippen LogP contribution is -2.45. The molecule has 2 aliphatic carbocycles. The van der Waals surface area contributed by atoms with Crippen LogP contribution in [-0.2, 0) is 9.53 Å². The quantitative estimate of drug-likeness (QED) is 0.874. The second-order valence-corrected chi connectivity index (χ2v) is 8.12. The van der Waals surface area contributed by atoms with Gasteiger partial charge < -0.3 is 10.1 Å². The third-order valence-electron chi connectivity index (χ3n) is 6.30. The molecule has 4 atom stereocenters. The lowest BCUT2D eigenvalue weighted by atomic mass is 9.88. The molecule has 1 N–H and O–H groups in total. The van der Waals surface area contributed by atoms with E-state index in [2.05, 4.69) is 16.3 Å². The number of morpholine rings is 1. The molecule has 1 aromatic carbocycles. The number of nitrogens with zero attached hydrogens (tertiary/aromatic N) is 1. The molecule has 0 spiro atoms. The van der Waals surface area contributed by atoms with Crippen LogP contribution in [0.4, 0.5) is 0 Å². The number of hydrogen-bond donors (Lipinski definition) is 1. The summed E-state index contributed by atoms with van der Waals surface area (Å²) in [6.45, 7) is 3.85. The monoisotopic (exact) mass is 362 g/mol. The third-order valence-corrected chi connectivity index (χ3v) is 6.64. The minimum atomic E-state index is 0.111. The molecule has 1 amide bonds. The van der Waals surface area contributed by atoms with Crippen molar-refractivity contribution in [3.63, 3.8) is 0 Å². The van der Waals surface area contributed by atoms with E-state index in [1.807, 2.05) is 18.2 Å². The highest BCUT2D eigenvalue weighted by Crippen LogP contribution is 2.48. The molecule has 1 aliphatic heterocycles. The maximum Gasteiger partial charge on any atom is 0.223 e. The van der Waals surface area contributed by atoms with Crippen LogP contribution in [-0.4, -0.2) is 43.7 Å². The van der Waals surface area contributed by atoms with Crippen LogP contribution in [0.3, 0.4) is 0 Å². The highest BCUT2D eigenvalue weighted by Gasteiger charge is 2.43. The Kier molecular flexibility index (Phi) is 5.30. The van der Waals surface area contributed by atoms with E-state index in [4.69, 9.17) is 16.3 Å². The van der Waals surface area contributed by atoms with E-state index in [1.165, 1.54) is 19.3 Å². The molecule has 1 heterocycles. The van der Waals surface area contributed by atoms with E-state index in [0.29, 0.717) is 12.5 Å². The van der Waals surface area contributed by atoms with Gasteiger partial charge in [-0.15, -0.1) is 0 Å². The first-order valence-electron chi connectivity index (χ1n) is 9.56. The minimum Gasteiger partial charge on any atom is -0.379 e. The summed E-state index contributed by atoms with van der Waals surface area (Å²) in [5.41, 5.74) is 1.10. The number of carbonyl (C=O) groups is 1. The first kappa shape index (κ1) is 17.3. The Bertz CT molecular complexity index is 617. The molecule has 136 valence electrons. The van der Waals surface area contributed by atoms with Gasteiger partial charge in [-0.05, 0) is 42.7 Å². The maximum absolute atomic E-state index is 12.8. The SMILES string of the molecule is O=C(NC[C@H](c1ccccc1Cl)N1CCOCC1)[C@@H]1C[C@H]2CC[C@H]1C2. The Balaban J connectivity index is 1.44. The van der Waals surface area contributed by atoms with Crippen LogP contribution in [0.25, 0.3) is 0 Å². The van der Waals surface area contributed by atoms with Gasteiger partial charge in [0.05, 0.1) is 19.3 Å². The highest BCUT2D eigenvalue weighted by molar-refractivity contribution is 6.31. The number of fused-ring (bicyclic) bond motifs is 2. The summed E-state index contributed by atoms with van der Waals surface area (Å²) in [5, 5.41) is 4.02. The fourth-order valence-corrected chi connectivity index (χ4v) is 5.23. The smallest absolute Gasteiger partial charge is 0.223 e. The molecule has 5 heteroatoms. The van der Waals surface area contributed by atoms with Crippen LogP contribution in [0.5, 0.6) is 0 Å². The summed E-state index contributed by atoms with van der Waals surface area (Å²) >= 11 is 6.46. The van der Waals surface area contributed by atoms with Crippen LogP contribution in [0, 0.1) is 17.8 Å². The predicted octanol–water partition coefficient (Wildman–Crippen LogP) is 3.27.